The second kappa shape index (κ2) is 10.2. The first kappa shape index (κ1) is 24.7. The van der Waals surface area contributed by atoms with Gasteiger partial charge in [0.1, 0.15) is 8.42 Å². The van der Waals surface area contributed by atoms with Crippen molar-refractivity contribution in [3.05, 3.63) is 12.4 Å². The van der Waals surface area contributed by atoms with Crippen LogP contribution in [0.25, 0.3) is 0 Å². The summed E-state index contributed by atoms with van der Waals surface area (Å²) in [5.41, 5.74) is 5.27. The summed E-state index contributed by atoms with van der Waals surface area (Å²) >= 11 is 1.96. The lowest BCUT2D eigenvalue weighted by molar-refractivity contribution is -0.114. The highest BCUT2D eigenvalue weighted by molar-refractivity contribution is 7.93. The van der Waals surface area contributed by atoms with Crippen LogP contribution in [-0.2, 0) is 24.5 Å². The number of hydrogen-bond acceptors (Lipinski definition) is 10. The van der Waals surface area contributed by atoms with Crippen LogP contribution in [0.5, 0.6) is 0 Å². The molecule has 2 aromatic rings. The van der Waals surface area contributed by atoms with Crippen LogP contribution >= 0.6 is 35.1 Å². The van der Waals surface area contributed by atoms with Gasteiger partial charge in [0, 0.05) is 6.92 Å². The summed E-state index contributed by atoms with van der Waals surface area (Å²) in [4.78, 5) is 18.1. The smallest absolute Gasteiger partial charge is 0.223 e. The van der Waals surface area contributed by atoms with Crippen LogP contribution in [0.4, 0.5) is 10.3 Å². The number of hydrogen-bond donors (Lipinski definition) is 2. The van der Waals surface area contributed by atoms with E-state index in [1.807, 2.05) is 0 Å². The number of aromatic nitrogens is 2. The maximum atomic E-state index is 11.4. The van der Waals surface area contributed by atoms with E-state index in [1.165, 1.54) is 19.3 Å². The van der Waals surface area contributed by atoms with Crippen molar-refractivity contribution in [2.75, 3.05) is 22.6 Å². The van der Waals surface area contributed by atoms with Crippen LogP contribution in [0.1, 0.15) is 20.8 Å². The monoisotopic (exact) mass is 462 g/mol. The van der Waals surface area contributed by atoms with Crippen LogP contribution in [0.2, 0.25) is 0 Å². The highest BCUT2D eigenvalue weighted by atomic mass is 35.5. The molecule has 0 saturated heterocycles. The quantitative estimate of drug-likeness (QED) is 0.683. The highest BCUT2D eigenvalue weighted by Crippen LogP contribution is 2.23. The van der Waals surface area contributed by atoms with E-state index in [0.29, 0.717) is 5.13 Å². The molecule has 1 amide bonds. The Kier molecular flexibility index (Phi) is 9.66. The zero-order chi connectivity index (χ0) is 19.3. The molecule has 26 heavy (non-hydrogen) atoms. The number of halogens is 1. The van der Waals surface area contributed by atoms with Gasteiger partial charge in [-0.2, -0.15) is 0 Å². The van der Waals surface area contributed by atoms with Gasteiger partial charge >= 0.3 is 0 Å². The van der Waals surface area contributed by atoms with E-state index in [2.05, 4.69) is 15.3 Å². The number of thiazole rings is 2. The highest BCUT2D eigenvalue weighted by Gasteiger charge is 2.16. The van der Waals surface area contributed by atoms with Crippen LogP contribution in [0, 0.1) is 0 Å². The molecule has 0 aromatic carbocycles. The van der Waals surface area contributed by atoms with Gasteiger partial charge in [0.15, 0.2) is 29.9 Å². The Morgan fingerprint density at radius 1 is 1.04 bits per heavy atom. The van der Waals surface area contributed by atoms with Crippen molar-refractivity contribution >= 4 is 70.9 Å². The lowest BCUT2D eigenvalue weighted by Gasteiger charge is -1.94. The summed E-state index contributed by atoms with van der Waals surface area (Å²) < 4.78 is 45.4. The summed E-state index contributed by atoms with van der Waals surface area (Å²) in [6.45, 7) is 4.49. The van der Waals surface area contributed by atoms with Gasteiger partial charge in [0.25, 0.3) is 0 Å². The summed E-state index contributed by atoms with van der Waals surface area (Å²) in [7, 11) is -6.31. The number of carbonyl (C=O) groups is 1. The molecule has 14 heteroatoms. The molecule has 0 aliphatic carbocycles. The Labute approximate surface area is 166 Å². The first-order valence-electron chi connectivity index (χ1n) is 6.92. The van der Waals surface area contributed by atoms with Crippen LogP contribution < -0.4 is 11.1 Å². The molecule has 2 heterocycles. The van der Waals surface area contributed by atoms with Gasteiger partial charge in [-0.3, -0.25) is 4.79 Å². The van der Waals surface area contributed by atoms with Gasteiger partial charge in [0.05, 0.1) is 23.9 Å². The maximum absolute atomic E-state index is 11.4. The molecule has 9 nitrogen and oxygen atoms in total. The summed E-state index contributed by atoms with van der Waals surface area (Å²) in [6, 6.07) is 0. The third-order valence-corrected chi connectivity index (χ3v) is 8.95. The van der Waals surface area contributed by atoms with E-state index in [1.54, 1.807) is 13.8 Å². The summed E-state index contributed by atoms with van der Waals surface area (Å²) in [5.74, 6) is -0.136. The van der Waals surface area contributed by atoms with Crippen molar-refractivity contribution in [3.63, 3.8) is 0 Å². The minimum atomic E-state index is -3.21. The number of carbonyl (C=O) groups excluding carboxylic acids is 1. The number of nitrogens with two attached hydrogens (primary N) is 1. The molecule has 2 aromatic heterocycles. The van der Waals surface area contributed by atoms with Gasteiger partial charge in [-0.05, 0) is 0 Å². The number of rotatable bonds is 5. The number of nitrogens with one attached hydrogen (secondary N) is 1. The molecule has 2 rings (SSSR count). The Bertz CT molecular complexity index is 936. The van der Waals surface area contributed by atoms with E-state index in [0.717, 1.165) is 22.7 Å². The molecule has 0 bridgehead atoms. The number of nitrogen functional groups attached to an aromatic ring is 1. The normalized spacial score (nSPS) is 11.0. The molecule has 0 unspecified atom stereocenters. The topological polar surface area (TPSA) is 149 Å². The third-order valence-electron chi connectivity index (χ3n) is 2.64. The van der Waals surface area contributed by atoms with Crippen molar-refractivity contribution in [2.24, 2.45) is 0 Å². The Morgan fingerprint density at radius 2 is 1.50 bits per heavy atom. The maximum Gasteiger partial charge on any atom is 0.223 e. The van der Waals surface area contributed by atoms with E-state index in [9.17, 15) is 21.6 Å². The van der Waals surface area contributed by atoms with Crippen molar-refractivity contribution < 1.29 is 21.6 Å². The number of sulfone groups is 2. The predicted octanol–water partition coefficient (Wildman–Crippen LogP) is 1.84. The Balaban J connectivity index is 0.000000475. The van der Waals surface area contributed by atoms with Crippen molar-refractivity contribution in [1.82, 2.24) is 9.97 Å². The molecule has 0 aliphatic rings. The number of nitrogens with zero attached hydrogens (tertiary/aromatic N) is 2. The van der Waals surface area contributed by atoms with E-state index in [-0.39, 0.29) is 43.4 Å². The fourth-order valence-electron chi connectivity index (χ4n) is 1.31. The Morgan fingerprint density at radius 3 is 1.88 bits per heavy atom. The van der Waals surface area contributed by atoms with Gasteiger partial charge in [-0.1, -0.05) is 36.5 Å². The zero-order valence-corrected chi connectivity index (χ0v) is 18.2. The number of amides is 1. The van der Waals surface area contributed by atoms with E-state index < -0.39 is 19.7 Å². The fourth-order valence-corrected chi connectivity index (χ4v) is 5.54. The molecule has 0 atom stereocenters. The first-order chi connectivity index (χ1) is 11.5. The molecule has 3 N–H and O–H groups in total. The second-order valence-corrected chi connectivity index (χ2v) is 11.6. The van der Waals surface area contributed by atoms with Gasteiger partial charge in [0.2, 0.25) is 5.91 Å². The van der Waals surface area contributed by atoms with Crippen molar-refractivity contribution in [3.8, 4) is 0 Å². The van der Waals surface area contributed by atoms with Crippen LogP contribution in [-0.4, -0.2) is 44.2 Å². The van der Waals surface area contributed by atoms with Crippen LogP contribution in [0.15, 0.2) is 20.8 Å². The summed E-state index contributed by atoms with van der Waals surface area (Å²) in [6.07, 6.45) is 2.55. The van der Waals surface area contributed by atoms with Gasteiger partial charge in [-0.15, -0.1) is 12.4 Å². The lowest BCUT2D eigenvalue weighted by atomic mass is 10.7. The zero-order valence-electron chi connectivity index (χ0n) is 14.1. The molecule has 0 aliphatic heterocycles. The van der Waals surface area contributed by atoms with Gasteiger partial charge in [-0.25, -0.2) is 26.8 Å². The fraction of sp³-hybridized carbons (Fsp3) is 0.417. The lowest BCUT2D eigenvalue weighted by Crippen LogP contribution is -2.04. The minimum Gasteiger partial charge on any atom is -0.375 e. The SMILES string of the molecule is CCS(=O)(=O)c1cnc(N)s1.CCS(=O)(=O)c1cnc(NC(C)=O)s1.Cl. The largest absolute Gasteiger partial charge is 0.375 e. The average molecular weight is 463 g/mol. The molecular formula is C12H19ClN4O5S4. The molecule has 148 valence electrons. The molecule has 0 spiro atoms. The third kappa shape index (κ3) is 7.15. The first-order valence-corrected chi connectivity index (χ1v) is 11.9. The van der Waals surface area contributed by atoms with E-state index in [4.69, 9.17) is 5.73 Å². The standard InChI is InChI=1S/C7H10N2O3S2.C5H8N2O2S2.ClH/c1-3-14(11,12)6-4-8-7(13-6)9-5(2)10;1-2-11(8,9)4-3-7-5(6)10-4;/h4H,3H2,1-2H3,(H,8,9,10);3H,2H2,1H3,(H2,6,7);1H. The van der Waals surface area contributed by atoms with Crippen molar-refractivity contribution in [2.45, 2.75) is 29.2 Å². The predicted molar refractivity (Wildman–Crippen MR) is 106 cm³/mol. The van der Waals surface area contributed by atoms with Crippen molar-refractivity contribution in [1.29, 1.82) is 0 Å². The minimum absolute atomic E-state index is 0. The van der Waals surface area contributed by atoms with Crippen LogP contribution in [0.3, 0.4) is 0 Å². The number of anilines is 2. The van der Waals surface area contributed by atoms with Gasteiger partial charge < -0.3 is 11.1 Å². The molecule has 0 radical (unpaired) electrons. The molecular weight excluding hydrogens is 444 g/mol. The van der Waals surface area contributed by atoms with E-state index >= 15 is 0 Å². The second-order valence-electron chi connectivity index (χ2n) is 4.49. The molecule has 0 saturated carbocycles. The molecule has 0 fully saturated rings. The average Bonchev–Trinajstić information content (AvgIpc) is 3.17. The summed E-state index contributed by atoms with van der Waals surface area (Å²) in [5, 5.41) is 3.02. The Hall–Kier alpha value is -1.28.